The molecule has 4 rings (SSSR count). The van der Waals surface area contributed by atoms with Gasteiger partial charge in [0, 0.05) is 23.6 Å². The first kappa shape index (κ1) is 21.1. The Bertz CT molecular complexity index is 1260. The Morgan fingerprint density at radius 1 is 1.22 bits per heavy atom. The van der Waals surface area contributed by atoms with Crippen LogP contribution >= 0.6 is 0 Å². The van der Waals surface area contributed by atoms with Gasteiger partial charge in [-0.3, -0.25) is 4.79 Å². The van der Waals surface area contributed by atoms with Crippen LogP contribution in [0.1, 0.15) is 10.4 Å². The molecule has 0 saturated carbocycles. The van der Waals surface area contributed by atoms with E-state index in [4.69, 9.17) is 4.74 Å². The third kappa shape index (κ3) is 3.69. The quantitative estimate of drug-likeness (QED) is 0.418. The number of amides is 1. The van der Waals surface area contributed by atoms with Crippen LogP contribution in [0.4, 0.5) is 5.69 Å². The predicted molar refractivity (Wildman–Crippen MR) is 117 cm³/mol. The largest absolute Gasteiger partial charge is 0.478 e. The summed E-state index contributed by atoms with van der Waals surface area (Å²) in [6.45, 7) is -0.283. The van der Waals surface area contributed by atoms with Gasteiger partial charge in [-0.05, 0) is 35.4 Å². The number of anilines is 1. The maximum Gasteiger partial charge on any atom is 0.337 e. The SMILES string of the molecule is COC(=O)C1=C(Nc2cc(-c3cccc4[nH]ccc34)ccc2C(=O)O)C(=O)N(CCO)C1. The average molecular weight is 435 g/mol. The van der Waals surface area contributed by atoms with E-state index in [-0.39, 0.29) is 42.2 Å². The van der Waals surface area contributed by atoms with E-state index < -0.39 is 17.8 Å². The van der Waals surface area contributed by atoms with Crippen LogP contribution in [-0.4, -0.2) is 64.7 Å². The van der Waals surface area contributed by atoms with Crippen LogP contribution in [0, 0.1) is 0 Å². The summed E-state index contributed by atoms with van der Waals surface area (Å²) in [7, 11) is 1.20. The molecule has 4 N–H and O–H groups in total. The number of rotatable bonds is 7. The number of β-amino-alcohol motifs (C(OH)–C–C–N with tert-alkyl or cyclic N) is 1. The summed E-state index contributed by atoms with van der Waals surface area (Å²) in [6, 6.07) is 12.4. The topological polar surface area (TPSA) is 132 Å². The van der Waals surface area contributed by atoms with Crippen molar-refractivity contribution >= 4 is 34.4 Å². The highest BCUT2D eigenvalue weighted by atomic mass is 16.5. The van der Waals surface area contributed by atoms with Crippen molar-refractivity contribution in [1.82, 2.24) is 9.88 Å². The predicted octanol–water partition coefficient (Wildman–Crippen LogP) is 2.21. The lowest BCUT2D eigenvalue weighted by atomic mass is 9.99. The molecule has 9 nitrogen and oxygen atoms in total. The highest BCUT2D eigenvalue weighted by Gasteiger charge is 2.35. The molecular weight excluding hydrogens is 414 g/mol. The fraction of sp³-hybridized carbons (Fsp3) is 0.174. The number of aromatic carboxylic acids is 1. The molecular formula is C23H21N3O6. The number of aromatic nitrogens is 1. The van der Waals surface area contributed by atoms with Gasteiger partial charge in [-0.15, -0.1) is 0 Å². The number of carboxylic acids is 1. The molecule has 32 heavy (non-hydrogen) atoms. The Hall–Kier alpha value is -4.11. The molecule has 0 radical (unpaired) electrons. The molecule has 0 atom stereocenters. The molecule has 0 aliphatic carbocycles. The minimum Gasteiger partial charge on any atom is -0.478 e. The number of hydrogen-bond donors (Lipinski definition) is 4. The van der Waals surface area contributed by atoms with Crippen molar-refractivity contribution in [2.24, 2.45) is 0 Å². The van der Waals surface area contributed by atoms with Gasteiger partial charge in [0.15, 0.2) is 0 Å². The lowest BCUT2D eigenvalue weighted by Crippen LogP contribution is -2.31. The van der Waals surface area contributed by atoms with Crippen LogP contribution in [0.2, 0.25) is 0 Å². The standard InChI is InChI=1S/C23H21N3O6/c1-32-23(31)17-12-26(9-10-27)21(28)20(17)25-19-11-13(5-6-16(19)22(29)30)14-3-2-4-18-15(14)7-8-24-18/h2-8,11,24-25,27H,9-10,12H2,1H3,(H,29,30). The van der Waals surface area contributed by atoms with Gasteiger partial charge in [-0.1, -0.05) is 18.2 Å². The number of aliphatic hydroxyl groups is 1. The van der Waals surface area contributed by atoms with Gasteiger partial charge >= 0.3 is 11.9 Å². The molecule has 1 aromatic heterocycles. The fourth-order valence-corrected chi connectivity index (χ4v) is 3.82. The van der Waals surface area contributed by atoms with Crippen LogP contribution in [0.25, 0.3) is 22.0 Å². The van der Waals surface area contributed by atoms with Crippen molar-refractivity contribution in [1.29, 1.82) is 0 Å². The van der Waals surface area contributed by atoms with Crippen LogP contribution in [0.15, 0.2) is 59.9 Å². The zero-order valence-electron chi connectivity index (χ0n) is 17.2. The van der Waals surface area contributed by atoms with Crippen molar-refractivity contribution in [2.45, 2.75) is 0 Å². The Morgan fingerprint density at radius 3 is 2.75 bits per heavy atom. The maximum atomic E-state index is 12.8. The maximum absolute atomic E-state index is 12.8. The number of benzene rings is 2. The van der Waals surface area contributed by atoms with E-state index in [1.807, 2.05) is 30.5 Å². The normalized spacial score (nSPS) is 13.7. The summed E-state index contributed by atoms with van der Waals surface area (Å²) in [5, 5.41) is 22.7. The Balaban J connectivity index is 1.80. The second-order valence-corrected chi connectivity index (χ2v) is 7.23. The smallest absolute Gasteiger partial charge is 0.337 e. The van der Waals surface area contributed by atoms with Crippen molar-refractivity contribution in [3.05, 3.63) is 65.5 Å². The summed E-state index contributed by atoms with van der Waals surface area (Å²) in [5.41, 5.74) is 2.66. The third-order valence-corrected chi connectivity index (χ3v) is 5.37. The number of aliphatic hydroxyl groups excluding tert-OH is 1. The van der Waals surface area contributed by atoms with E-state index in [2.05, 4.69) is 10.3 Å². The second kappa shape index (κ2) is 8.56. The number of carboxylic acid groups (broad SMARTS) is 1. The van der Waals surface area contributed by atoms with Crippen LogP contribution < -0.4 is 5.32 Å². The number of esters is 1. The number of ether oxygens (including phenoxy) is 1. The van der Waals surface area contributed by atoms with Crippen LogP contribution in [0.5, 0.6) is 0 Å². The molecule has 0 bridgehead atoms. The molecule has 0 spiro atoms. The van der Waals surface area contributed by atoms with Gasteiger partial charge in [0.1, 0.15) is 5.70 Å². The van der Waals surface area contributed by atoms with Gasteiger partial charge in [-0.25, -0.2) is 9.59 Å². The first-order chi connectivity index (χ1) is 15.4. The van der Waals surface area contributed by atoms with Gasteiger partial charge in [0.2, 0.25) is 0 Å². The molecule has 0 saturated heterocycles. The summed E-state index contributed by atoms with van der Waals surface area (Å²) in [4.78, 5) is 41.4. The van der Waals surface area contributed by atoms with Crippen molar-refractivity contribution in [2.75, 3.05) is 32.1 Å². The van der Waals surface area contributed by atoms with E-state index in [1.54, 1.807) is 12.1 Å². The van der Waals surface area contributed by atoms with Gasteiger partial charge in [0.25, 0.3) is 5.91 Å². The van der Waals surface area contributed by atoms with E-state index in [9.17, 15) is 24.6 Å². The van der Waals surface area contributed by atoms with E-state index in [1.165, 1.54) is 18.1 Å². The fourth-order valence-electron chi connectivity index (χ4n) is 3.82. The Labute approximate surface area is 182 Å². The van der Waals surface area contributed by atoms with E-state index in [0.717, 1.165) is 22.0 Å². The van der Waals surface area contributed by atoms with Crippen molar-refractivity contribution in [3.63, 3.8) is 0 Å². The summed E-state index contributed by atoms with van der Waals surface area (Å²) >= 11 is 0. The molecule has 1 amide bonds. The zero-order valence-corrected chi connectivity index (χ0v) is 17.2. The van der Waals surface area contributed by atoms with Crippen LogP contribution in [0.3, 0.4) is 0 Å². The number of hydrogen-bond acceptors (Lipinski definition) is 6. The summed E-state index contributed by atoms with van der Waals surface area (Å²) in [6.07, 6.45) is 1.82. The number of fused-ring (bicyclic) bond motifs is 1. The molecule has 1 aliphatic heterocycles. The van der Waals surface area contributed by atoms with E-state index >= 15 is 0 Å². The highest BCUT2D eigenvalue weighted by molar-refractivity contribution is 6.10. The monoisotopic (exact) mass is 435 g/mol. The lowest BCUT2D eigenvalue weighted by Gasteiger charge is -2.16. The van der Waals surface area contributed by atoms with Crippen molar-refractivity contribution in [3.8, 4) is 11.1 Å². The number of nitrogens with one attached hydrogen (secondary N) is 2. The lowest BCUT2D eigenvalue weighted by molar-refractivity contribution is -0.136. The Morgan fingerprint density at radius 2 is 2.03 bits per heavy atom. The van der Waals surface area contributed by atoms with Crippen LogP contribution in [-0.2, 0) is 14.3 Å². The molecule has 0 unspecified atom stereocenters. The molecule has 9 heteroatoms. The van der Waals surface area contributed by atoms with Crippen molar-refractivity contribution < 1.29 is 29.3 Å². The number of carbonyl (C=O) groups is 3. The molecule has 2 heterocycles. The summed E-state index contributed by atoms with van der Waals surface area (Å²) < 4.78 is 4.79. The zero-order chi connectivity index (χ0) is 22.8. The number of methoxy groups -OCH3 is 1. The third-order valence-electron chi connectivity index (χ3n) is 5.37. The van der Waals surface area contributed by atoms with E-state index in [0.29, 0.717) is 0 Å². The first-order valence-electron chi connectivity index (χ1n) is 9.87. The minimum absolute atomic E-state index is 0.0336. The molecule has 3 aromatic rings. The molecule has 1 aliphatic rings. The molecule has 0 fully saturated rings. The Kier molecular flexibility index (Phi) is 5.65. The number of H-pyrrole nitrogens is 1. The number of carbonyl (C=O) groups excluding carboxylic acids is 2. The molecule has 2 aromatic carbocycles. The van der Waals surface area contributed by atoms with Gasteiger partial charge < -0.3 is 30.2 Å². The van der Waals surface area contributed by atoms with Gasteiger partial charge in [-0.2, -0.15) is 0 Å². The van der Waals surface area contributed by atoms with Gasteiger partial charge in [0.05, 0.1) is 37.1 Å². The number of nitrogens with zero attached hydrogens (tertiary/aromatic N) is 1. The first-order valence-corrected chi connectivity index (χ1v) is 9.87. The number of aromatic amines is 1. The highest BCUT2D eigenvalue weighted by Crippen LogP contribution is 2.33. The summed E-state index contributed by atoms with van der Waals surface area (Å²) in [5.74, 6) is -2.41. The second-order valence-electron chi connectivity index (χ2n) is 7.23. The average Bonchev–Trinajstić information content (AvgIpc) is 3.39. The minimum atomic E-state index is -1.18. The molecule has 164 valence electrons.